The molecule has 3 rings (SSSR count). The molecule has 0 bridgehead atoms. The number of hydrogen-bond donors (Lipinski definition) is 1. The van der Waals surface area contributed by atoms with Gasteiger partial charge in [0.25, 0.3) is 5.91 Å². The predicted octanol–water partition coefficient (Wildman–Crippen LogP) is 4.68. The fourth-order valence-electron chi connectivity index (χ4n) is 2.72. The first-order valence-electron chi connectivity index (χ1n) is 8.32. The van der Waals surface area contributed by atoms with Crippen LogP contribution >= 0.6 is 11.6 Å². The van der Waals surface area contributed by atoms with Gasteiger partial charge < -0.3 is 10.1 Å². The van der Waals surface area contributed by atoms with E-state index >= 15 is 0 Å². The van der Waals surface area contributed by atoms with Gasteiger partial charge in [-0.3, -0.25) is 4.79 Å². The number of rotatable bonds is 6. The maximum atomic E-state index is 12.5. The topological polar surface area (TPSA) is 38.3 Å². The molecule has 1 amide bonds. The maximum absolute atomic E-state index is 12.5. The van der Waals surface area contributed by atoms with Gasteiger partial charge in [-0.05, 0) is 62.4 Å². The van der Waals surface area contributed by atoms with Crippen LogP contribution in [0, 0.1) is 12.8 Å². The van der Waals surface area contributed by atoms with Crippen molar-refractivity contribution in [1.82, 2.24) is 5.32 Å². The second kappa shape index (κ2) is 7.27. The lowest BCUT2D eigenvalue weighted by Gasteiger charge is -2.22. The Kier molecular flexibility index (Phi) is 5.10. The third kappa shape index (κ3) is 4.30. The van der Waals surface area contributed by atoms with E-state index in [0.29, 0.717) is 16.7 Å². The second-order valence-corrected chi connectivity index (χ2v) is 6.88. The molecule has 126 valence electrons. The minimum absolute atomic E-state index is 0.0267. The molecule has 1 saturated carbocycles. The summed E-state index contributed by atoms with van der Waals surface area (Å²) in [6, 6.07) is 15.4. The lowest BCUT2D eigenvalue weighted by molar-refractivity contribution is -0.128. The van der Waals surface area contributed by atoms with Gasteiger partial charge in [0.15, 0.2) is 6.10 Å². The molecule has 2 aromatic rings. The van der Waals surface area contributed by atoms with E-state index in [9.17, 15) is 4.79 Å². The number of carbonyl (C=O) groups is 1. The van der Waals surface area contributed by atoms with Crippen LogP contribution in [0.1, 0.15) is 36.9 Å². The van der Waals surface area contributed by atoms with Gasteiger partial charge in [-0.15, -0.1) is 0 Å². The highest BCUT2D eigenvalue weighted by atomic mass is 35.5. The average molecular weight is 344 g/mol. The standard InChI is InChI=1S/C20H22ClNO2/c1-13-3-11-18(12-4-13)24-14(2)20(23)22-19(15-5-6-15)16-7-9-17(21)10-8-16/h3-4,7-12,14-15,19H,5-6H2,1-2H3,(H,22,23). The van der Waals surface area contributed by atoms with Crippen molar-refractivity contribution in [2.45, 2.75) is 38.8 Å². The van der Waals surface area contributed by atoms with Crippen LogP contribution in [0.25, 0.3) is 0 Å². The zero-order valence-electron chi connectivity index (χ0n) is 14.0. The van der Waals surface area contributed by atoms with Crippen molar-refractivity contribution in [2.24, 2.45) is 5.92 Å². The van der Waals surface area contributed by atoms with Gasteiger partial charge in [0.1, 0.15) is 5.75 Å². The van der Waals surface area contributed by atoms with Crippen molar-refractivity contribution in [3.8, 4) is 5.75 Å². The lowest BCUT2D eigenvalue weighted by atomic mass is 10.0. The van der Waals surface area contributed by atoms with Crippen LogP contribution in [-0.4, -0.2) is 12.0 Å². The summed E-state index contributed by atoms with van der Waals surface area (Å²) in [6.45, 7) is 3.80. The molecule has 2 aromatic carbocycles. The third-order valence-corrected chi connectivity index (χ3v) is 4.58. The monoisotopic (exact) mass is 343 g/mol. The fraction of sp³-hybridized carbons (Fsp3) is 0.350. The molecule has 1 N–H and O–H groups in total. The Morgan fingerprint density at radius 2 is 1.75 bits per heavy atom. The van der Waals surface area contributed by atoms with Crippen molar-refractivity contribution in [2.75, 3.05) is 0 Å². The molecule has 3 nitrogen and oxygen atoms in total. The van der Waals surface area contributed by atoms with Crippen LogP contribution in [0.2, 0.25) is 5.02 Å². The second-order valence-electron chi connectivity index (χ2n) is 6.45. The Labute approximate surface area is 148 Å². The molecule has 1 fully saturated rings. The van der Waals surface area contributed by atoms with Gasteiger partial charge in [-0.2, -0.15) is 0 Å². The predicted molar refractivity (Wildman–Crippen MR) is 96.3 cm³/mol. The Balaban J connectivity index is 1.64. The molecule has 1 aliphatic rings. The highest BCUT2D eigenvalue weighted by molar-refractivity contribution is 6.30. The number of amides is 1. The number of hydrogen-bond acceptors (Lipinski definition) is 2. The minimum atomic E-state index is -0.541. The Morgan fingerprint density at radius 3 is 2.33 bits per heavy atom. The van der Waals surface area contributed by atoms with E-state index < -0.39 is 6.10 Å². The average Bonchev–Trinajstić information content (AvgIpc) is 3.40. The summed E-state index contributed by atoms with van der Waals surface area (Å²) in [7, 11) is 0. The molecule has 0 aromatic heterocycles. The summed E-state index contributed by atoms with van der Waals surface area (Å²) in [4.78, 5) is 12.5. The Bertz CT molecular complexity index is 693. The number of aryl methyl sites for hydroxylation is 1. The molecule has 0 radical (unpaired) electrons. The van der Waals surface area contributed by atoms with E-state index in [1.165, 1.54) is 0 Å². The van der Waals surface area contributed by atoms with Crippen molar-refractivity contribution >= 4 is 17.5 Å². The molecule has 0 spiro atoms. The first-order chi connectivity index (χ1) is 11.5. The van der Waals surface area contributed by atoms with Gasteiger partial charge in [0.05, 0.1) is 6.04 Å². The largest absolute Gasteiger partial charge is 0.481 e. The fourth-order valence-corrected chi connectivity index (χ4v) is 2.84. The van der Waals surface area contributed by atoms with Gasteiger partial charge in [0, 0.05) is 5.02 Å². The van der Waals surface area contributed by atoms with E-state index in [1.54, 1.807) is 6.92 Å². The normalized spacial score (nSPS) is 16.3. The number of carbonyl (C=O) groups excluding carboxylic acids is 1. The van der Waals surface area contributed by atoms with E-state index in [-0.39, 0.29) is 11.9 Å². The number of halogens is 1. The molecule has 0 heterocycles. The molecule has 24 heavy (non-hydrogen) atoms. The quantitative estimate of drug-likeness (QED) is 0.826. The summed E-state index contributed by atoms with van der Waals surface area (Å²) >= 11 is 5.96. The first-order valence-corrected chi connectivity index (χ1v) is 8.70. The van der Waals surface area contributed by atoms with Gasteiger partial charge in [0.2, 0.25) is 0 Å². The van der Waals surface area contributed by atoms with Gasteiger partial charge in [-0.1, -0.05) is 41.4 Å². The summed E-state index contributed by atoms with van der Waals surface area (Å²) in [5, 5.41) is 3.84. The SMILES string of the molecule is Cc1ccc(OC(C)C(=O)NC(c2ccc(Cl)cc2)C2CC2)cc1. The minimum Gasteiger partial charge on any atom is -0.481 e. The lowest BCUT2D eigenvalue weighted by Crippen LogP contribution is -2.39. The number of ether oxygens (including phenoxy) is 1. The highest BCUT2D eigenvalue weighted by Crippen LogP contribution is 2.41. The highest BCUT2D eigenvalue weighted by Gasteiger charge is 2.34. The van der Waals surface area contributed by atoms with Crippen molar-refractivity contribution in [1.29, 1.82) is 0 Å². The van der Waals surface area contributed by atoms with Gasteiger partial charge >= 0.3 is 0 Å². The van der Waals surface area contributed by atoms with E-state index in [1.807, 2.05) is 55.5 Å². The molecule has 1 aliphatic carbocycles. The molecule has 2 atom stereocenters. The molecule has 2 unspecified atom stereocenters. The Morgan fingerprint density at radius 1 is 1.12 bits per heavy atom. The summed E-state index contributed by atoms with van der Waals surface area (Å²) < 4.78 is 5.75. The van der Waals surface area contributed by atoms with Crippen LogP contribution in [0.15, 0.2) is 48.5 Å². The van der Waals surface area contributed by atoms with E-state index in [0.717, 1.165) is 24.0 Å². The van der Waals surface area contributed by atoms with Crippen LogP contribution in [0.3, 0.4) is 0 Å². The van der Waals surface area contributed by atoms with Crippen LogP contribution in [0.5, 0.6) is 5.75 Å². The molecular weight excluding hydrogens is 322 g/mol. The zero-order valence-corrected chi connectivity index (χ0v) is 14.7. The molecule has 0 aliphatic heterocycles. The molecule has 4 heteroatoms. The summed E-state index contributed by atoms with van der Waals surface area (Å²) in [5.41, 5.74) is 2.26. The van der Waals surface area contributed by atoms with Crippen molar-refractivity contribution < 1.29 is 9.53 Å². The third-order valence-electron chi connectivity index (χ3n) is 4.32. The van der Waals surface area contributed by atoms with Gasteiger partial charge in [-0.25, -0.2) is 0 Å². The molecular formula is C20H22ClNO2. The maximum Gasteiger partial charge on any atom is 0.261 e. The Hall–Kier alpha value is -2.00. The smallest absolute Gasteiger partial charge is 0.261 e. The number of benzene rings is 2. The molecule has 0 saturated heterocycles. The van der Waals surface area contributed by atoms with Crippen molar-refractivity contribution in [3.63, 3.8) is 0 Å². The van der Waals surface area contributed by atoms with E-state index in [4.69, 9.17) is 16.3 Å². The first kappa shape index (κ1) is 16.8. The summed E-state index contributed by atoms with van der Waals surface area (Å²) in [5.74, 6) is 1.11. The van der Waals surface area contributed by atoms with Crippen LogP contribution < -0.4 is 10.1 Å². The summed E-state index contributed by atoms with van der Waals surface area (Å²) in [6.07, 6.45) is 1.74. The van der Waals surface area contributed by atoms with Crippen LogP contribution in [0.4, 0.5) is 0 Å². The zero-order chi connectivity index (χ0) is 17.1. The van der Waals surface area contributed by atoms with E-state index in [2.05, 4.69) is 5.32 Å². The number of nitrogens with one attached hydrogen (secondary N) is 1. The van der Waals surface area contributed by atoms with Crippen LogP contribution in [-0.2, 0) is 4.79 Å². The van der Waals surface area contributed by atoms with Crippen molar-refractivity contribution in [3.05, 3.63) is 64.7 Å².